The van der Waals surface area contributed by atoms with Crippen molar-refractivity contribution in [2.24, 2.45) is 0 Å². The van der Waals surface area contributed by atoms with Crippen LogP contribution in [-0.2, 0) is 0 Å². The zero-order valence-electron chi connectivity index (χ0n) is 17.3. The third-order valence-electron chi connectivity index (χ3n) is 5.66. The molecular formula is C24H26N4O2. The van der Waals surface area contributed by atoms with Crippen LogP contribution in [0.3, 0.4) is 0 Å². The van der Waals surface area contributed by atoms with Gasteiger partial charge in [-0.2, -0.15) is 5.10 Å². The van der Waals surface area contributed by atoms with E-state index in [0.717, 1.165) is 35.2 Å². The molecule has 1 fully saturated rings. The van der Waals surface area contributed by atoms with Crippen LogP contribution in [0.1, 0.15) is 44.8 Å². The average molecular weight is 402 g/mol. The summed E-state index contributed by atoms with van der Waals surface area (Å²) in [6, 6.07) is 17.4. The number of hydrogen-bond donors (Lipinski definition) is 2. The Morgan fingerprint density at radius 1 is 1.03 bits per heavy atom. The standard InChI is InChI=1S/C24H26N4O2/c1-16-7-9-18(10-8-16)23(29)25-19-11-13-28(14-12-19)24(30)22-15-21(26-27-22)20-6-4-3-5-17(20)2/h3-10,15,19H,11-14H2,1-2H3,(H,25,29)(H,26,27). The maximum absolute atomic E-state index is 12.9. The molecule has 0 atom stereocenters. The molecule has 1 aliphatic heterocycles. The molecule has 0 unspecified atom stereocenters. The van der Waals surface area contributed by atoms with E-state index in [1.165, 1.54) is 0 Å². The molecule has 2 heterocycles. The molecule has 0 saturated carbocycles. The van der Waals surface area contributed by atoms with E-state index in [-0.39, 0.29) is 17.9 Å². The van der Waals surface area contributed by atoms with Gasteiger partial charge in [-0.1, -0.05) is 42.0 Å². The Bertz CT molecular complexity index is 1050. The summed E-state index contributed by atoms with van der Waals surface area (Å²) < 4.78 is 0. The minimum absolute atomic E-state index is 0.0503. The quantitative estimate of drug-likeness (QED) is 0.698. The number of rotatable bonds is 4. The summed E-state index contributed by atoms with van der Waals surface area (Å²) in [6.45, 7) is 5.24. The Morgan fingerprint density at radius 2 is 1.73 bits per heavy atom. The Labute approximate surface area is 176 Å². The van der Waals surface area contributed by atoms with Crippen molar-refractivity contribution in [2.45, 2.75) is 32.7 Å². The fraction of sp³-hybridized carbons (Fsp3) is 0.292. The van der Waals surface area contributed by atoms with E-state index >= 15 is 0 Å². The molecule has 0 radical (unpaired) electrons. The number of H-pyrrole nitrogens is 1. The highest BCUT2D eigenvalue weighted by Gasteiger charge is 2.26. The first-order valence-electron chi connectivity index (χ1n) is 10.3. The van der Waals surface area contributed by atoms with Crippen LogP contribution in [0, 0.1) is 13.8 Å². The molecule has 4 rings (SSSR count). The number of benzene rings is 2. The molecule has 0 aliphatic carbocycles. The summed E-state index contributed by atoms with van der Waals surface area (Å²) in [5, 5.41) is 10.3. The van der Waals surface area contributed by atoms with Crippen molar-refractivity contribution < 1.29 is 9.59 Å². The number of nitrogens with one attached hydrogen (secondary N) is 2. The number of aromatic nitrogens is 2. The minimum atomic E-state index is -0.0591. The van der Waals surface area contributed by atoms with Crippen molar-refractivity contribution >= 4 is 11.8 Å². The number of carbonyl (C=O) groups is 2. The lowest BCUT2D eigenvalue weighted by molar-refractivity contribution is 0.0692. The number of nitrogens with zero attached hydrogens (tertiary/aromatic N) is 2. The summed E-state index contributed by atoms with van der Waals surface area (Å²) in [5.74, 6) is -0.109. The van der Waals surface area contributed by atoms with Crippen molar-refractivity contribution in [3.05, 3.63) is 77.0 Å². The molecule has 154 valence electrons. The fourth-order valence-electron chi connectivity index (χ4n) is 3.80. The predicted octanol–water partition coefficient (Wildman–Crippen LogP) is 3.73. The molecule has 1 saturated heterocycles. The van der Waals surface area contributed by atoms with E-state index in [1.54, 1.807) is 0 Å². The number of carbonyl (C=O) groups excluding carboxylic acids is 2. The molecule has 3 aromatic rings. The van der Waals surface area contributed by atoms with Gasteiger partial charge in [-0.15, -0.1) is 0 Å². The third kappa shape index (κ3) is 4.27. The van der Waals surface area contributed by atoms with Crippen LogP contribution in [0.4, 0.5) is 0 Å². The zero-order valence-corrected chi connectivity index (χ0v) is 17.3. The summed E-state index contributed by atoms with van der Waals surface area (Å²) in [6.07, 6.45) is 1.48. The number of amides is 2. The van der Waals surface area contributed by atoms with E-state index in [0.29, 0.717) is 24.3 Å². The highest BCUT2D eigenvalue weighted by Crippen LogP contribution is 2.22. The fourth-order valence-corrected chi connectivity index (χ4v) is 3.80. The van der Waals surface area contributed by atoms with Gasteiger partial charge in [0.05, 0.1) is 5.69 Å². The van der Waals surface area contributed by atoms with Crippen LogP contribution >= 0.6 is 0 Å². The van der Waals surface area contributed by atoms with Gasteiger partial charge in [0, 0.05) is 30.3 Å². The number of aromatic amines is 1. The van der Waals surface area contributed by atoms with Crippen LogP contribution in [0.15, 0.2) is 54.6 Å². The first-order chi connectivity index (χ1) is 14.5. The molecular weight excluding hydrogens is 376 g/mol. The second-order valence-electron chi connectivity index (χ2n) is 7.89. The van der Waals surface area contributed by atoms with Crippen molar-refractivity contribution in [1.29, 1.82) is 0 Å². The lowest BCUT2D eigenvalue weighted by Gasteiger charge is -2.32. The van der Waals surface area contributed by atoms with Gasteiger partial charge in [0.15, 0.2) is 0 Å². The van der Waals surface area contributed by atoms with E-state index in [9.17, 15) is 9.59 Å². The third-order valence-corrected chi connectivity index (χ3v) is 5.66. The first kappa shape index (κ1) is 19.9. The minimum Gasteiger partial charge on any atom is -0.349 e. The van der Waals surface area contributed by atoms with Gasteiger partial charge in [-0.05, 0) is 50.5 Å². The normalized spacial score (nSPS) is 14.5. The number of likely N-dealkylation sites (tertiary alicyclic amines) is 1. The monoisotopic (exact) mass is 402 g/mol. The highest BCUT2D eigenvalue weighted by molar-refractivity contribution is 5.95. The predicted molar refractivity (Wildman–Crippen MR) is 116 cm³/mol. The molecule has 0 spiro atoms. The second kappa shape index (κ2) is 8.53. The molecule has 30 heavy (non-hydrogen) atoms. The first-order valence-corrected chi connectivity index (χ1v) is 10.3. The van der Waals surface area contributed by atoms with Crippen molar-refractivity contribution in [3.63, 3.8) is 0 Å². The van der Waals surface area contributed by atoms with Gasteiger partial charge in [-0.3, -0.25) is 14.7 Å². The van der Waals surface area contributed by atoms with E-state index < -0.39 is 0 Å². The van der Waals surface area contributed by atoms with Crippen LogP contribution in [0.5, 0.6) is 0 Å². The van der Waals surface area contributed by atoms with Crippen LogP contribution in [-0.4, -0.2) is 46.0 Å². The Kier molecular flexibility index (Phi) is 5.65. The molecule has 6 nitrogen and oxygen atoms in total. The SMILES string of the molecule is Cc1ccc(C(=O)NC2CCN(C(=O)c3cc(-c4ccccc4C)n[nH]3)CC2)cc1. The van der Waals surface area contributed by atoms with Gasteiger partial charge in [0.1, 0.15) is 5.69 Å². The number of piperidine rings is 1. The van der Waals surface area contributed by atoms with Gasteiger partial charge in [0.2, 0.25) is 0 Å². The van der Waals surface area contributed by atoms with Gasteiger partial charge in [-0.25, -0.2) is 0 Å². The topological polar surface area (TPSA) is 78.1 Å². The molecule has 2 N–H and O–H groups in total. The number of aryl methyl sites for hydroxylation is 2. The van der Waals surface area contributed by atoms with Crippen LogP contribution < -0.4 is 5.32 Å². The molecule has 0 bridgehead atoms. The maximum atomic E-state index is 12.9. The van der Waals surface area contributed by atoms with Crippen molar-refractivity contribution in [1.82, 2.24) is 20.4 Å². The van der Waals surface area contributed by atoms with E-state index in [4.69, 9.17) is 0 Å². The van der Waals surface area contributed by atoms with Gasteiger partial charge >= 0.3 is 0 Å². The highest BCUT2D eigenvalue weighted by atomic mass is 16.2. The largest absolute Gasteiger partial charge is 0.349 e. The summed E-state index contributed by atoms with van der Waals surface area (Å²) in [4.78, 5) is 27.1. The summed E-state index contributed by atoms with van der Waals surface area (Å²) >= 11 is 0. The summed E-state index contributed by atoms with van der Waals surface area (Å²) in [5.41, 5.74) is 5.20. The van der Waals surface area contributed by atoms with Crippen molar-refractivity contribution in [2.75, 3.05) is 13.1 Å². The van der Waals surface area contributed by atoms with Crippen molar-refractivity contribution in [3.8, 4) is 11.3 Å². The Balaban J connectivity index is 1.34. The number of hydrogen-bond acceptors (Lipinski definition) is 3. The second-order valence-corrected chi connectivity index (χ2v) is 7.89. The molecule has 6 heteroatoms. The smallest absolute Gasteiger partial charge is 0.271 e. The molecule has 2 amide bonds. The Hall–Kier alpha value is -3.41. The summed E-state index contributed by atoms with van der Waals surface area (Å²) in [7, 11) is 0. The van der Waals surface area contributed by atoms with Crippen LogP contribution in [0.2, 0.25) is 0 Å². The molecule has 1 aromatic heterocycles. The molecule has 2 aromatic carbocycles. The Morgan fingerprint density at radius 3 is 2.43 bits per heavy atom. The van der Waals surface area contributed by atoms with Crippen LogP contribution in [0.25, 0.3) is 11.3 Å². The van der Waals surface area contributed by atoms with Gasteiger partial charge < -0.3 is 10.2 Å². The lowest BCUT2D eigenvalue weighted by Crippen LogP contribution is -2.46. The lowest BCUT2D eigenvalue weighted by atomic mass is 10.0. The van der Waals surface area contributed by atoms with E-state index in [2.05, 4.69) is 15.5 Å². The van der Waals surface area contributed by atoms with E-state index in [1.807, 2.05) is 73.3 Å². The molecule has 1 aliphatic rings. The average Bonchev–Trinajstić information content (AvgIpc) is 3.24. The van der Waals surface area contributed by atoms with Gasteiger partial charge in [0.25, 0.3) is 11.8 Å². The maximum Gasteiger partial charge on any atom is 0.271 e. The zero-order chi connectivity index (χ0) is 21.1.